The largest absolute Gasteiger partial charge is 0.495 e. The first-order chi connectivity index (χ1) is 8.21. The van der Waals surface area contributed by atoms with Gasteiger partial charge in [0.15, 0.2) is 0 Å². The van der Waals surface area contributed by atoms with Crippen molar-refractivity contribution in [3.8, 4) is 11.8 Å². The van der Waals surface area contributed by atoms with Crippen molar-refractivity contribution in [1.29, 1.82) is 5.26 Å². The Balaban J connectivity index is 2.64. The minimum Gasteiger partial charge on any atom is -0.495 e. The molecule has 0 unspecified atom stereocenters. The number of hydrogen-bond acceptors (Lipinski definition) is 4. The van der Waals surface area contributed by atoms with E-state index < -0.39 is 0 Å². The van der Waals surface area contributed by atoms with Crippen molar-refractivity contribution in [3.63, 3.8) is 0 Å². The molecule has 0 aliphatic heterocycles. The lowest BCUT2D eigenvalue weighted by atomic mass is 10.1. The molecule has 1 aromatic rings. The van der Waals surface area contributed by atoms with Crippen LogP contribution in [0.5, 0.6) is 5.75 Å². The van der Waals surface area contributed by atoms with Crippen LogP contribution < -0.4 is 10.1 Å². The van der Waals surface area contributed by atoms with Crippen LogP contribution in [0.3, 0.4) is 0 Å². The zero-order valence-electron chi connectivity index (χ0n) is 10.2. The van der Waals surface area contributed by atoms with Crippen LogP contribution in [-0.4, -0.2) is 24.9 Å². The van der Waals surface area contributed by atoms with Gasteiger partial charge in [-0.25, -0.2) is 0 Å². The molecular weight excluding hydrogens is 216 g/mol. The Kier molecular flexibility index (Phi) is 5.47. The van der Waals surface area contributed by atoms with E-state index in [0.29, 0.717) is 17.9 Å². The summed E-state index contributed by atoms with van der Waals surface area (Å²) < 4.78 is 5.08. The maximum absolute atomic E-state index is 8.95. The molecule has 4 heteroatoms. The van der Waals surface area contributed by atoms with Crippen LogP contribution in [0, 0.1) is 11.3 Å². The van der Waals surface area contributed by atoms with E-state index in [1.807, 2.05) is 19.1 Å². The predicted octanol–water partition coefficient (Wildman–Crippen LogP) is 1.43. The van der Waals surface area contributed by atoms with Gasteiger partial charge in [-0.2, -0.15) is 5.26 Å². The molecule has 0 aliphatic carbocycles. The Morgan fingerprint density at radius 1 is 1.53 bits per heavy atom. The number of rotatable bonds is 6. The Bertz CT molecular complexity index is 399. The van der Waals surface area contributed by atoms with Gasteiger partial charge < -0.3 is 15.2 Å². The molecular formula is C13H18N2O2. The molecule has 0 bridgehead atoms. The zero-order valence-corrected chi connectivity index (χ0v) is 10.2. The summed E-state index contributed by atoms with van der Waals surface area (Å²) in [7, 11) is 1.55. The summed E-state index contributed by atoms with van der Waals surface area (Å²) in [6.45, 7) is 2.88. The quantitative estimate of drug-likeness (QED) is 0.781. The monoisotopic (exact) mass is 234 g/mol. The fourth-order valence-corrected chi connectivity index (χ4v) is 1.54. The standard InChI is InChI=1S/C13H18N2O2/c1-10(5-6-16)15-9-11-3-4-13(17-2)12(7-11)8-14/h3-4,7,10,15-16H,5-6,9H2,1-2H3/t10-/m1/s1. The van der Waals surface area contributed by atoms with E-state index >= 15 is 0 Å². The summed E-state index contributed by atoms with van der Waals surface area (Å²) in [5.74, 6) is 0.597. The van der Waals surface area contributed by atoms with Crippen molar-refractivity contribution >= 4 is 0 Å². The van der Waals surface area contributed by atoms with Gasteiger partial charge in [0.05, 0.1) is 12.7 Å². The molecule has 17 heavy (non-hydrogen) atoms. The summed E-state index contributed by atoms with van der Waals surface area (Å²) in [5.41, 5.74) is 1.58. The number of benzene rings is 1. The summed E-state index contributed by atoms with van der Waals surface area (Å²) in [6, 6.07) is 7.91. The number of methoxy groups -OCH3 is 1. The van der Waals surface area contributed by atoms with Crippen molar-refractivity contribution in [2.75, 3.05) is 13.7 Å². The number of ether oxygens (including phenoxy) is 1. The molecule has 0 fully saturated rings. The van der Waals surface area contributed by atoms with E-state index in [9.17, 15) is 0 Å². The highest BCUT2D eigenvalue weighted by atomic mass is 16.5. The topological polar surface area (TPSA) is 65.3 Å². The molecule has 4 nitrogen and oxygen atoms in total. The van der Waals surface area contributed by atoms with Crippen molar-refractivity contribution in [2.45, 2.75) is 25.9 Å². The van der Waals surface area contributed by atoms with E-state index in [4.69, 9.17) is 15.1 Å². The molecule has 0 spiro atoms. The van der Waals surface area contributed by atoms with Gasteiger partial charge in [0.25, 0.3) is 0 Å². The number of nitrogens with one attached hydrogen (secondary N) is 1. The highest BCUT2D eigenvalue weighted by molar-refractivity contribution is 5.45. The van der Waals surface area contributed by atoms with Crippen molar-refractivity contribution in [3.05, 3.63) is 29.3 Å². The van der Waals surface area contributed by atoms with E-state index in [-0.39, 0.29) is 12.6 Å². The second-order valence-electron chi connectivity index (χ2n) is 3.94. The second-order valence-corrected chi connectivity index (χ2v) is 3.94. The molecule has 1 atom stereocenters. The van der Waals surface area contributed by atoms with Crippen LogP contribution in [0.15, 0.2) is 18.2 Å². The Labute approximate surface area is 102 Å². The average molecular weight is 234 g/mol. The van der Waals surface area contributed by atoms with E-state index in [1.54, 1.807) is 13.2 Å². The van der Waals surface area contributed by atoms with Gasteiger partial charge in [-0.15, -0.1) is 0 Å². The normalized spacial score (nSPS) is 11.9. The summed E-state index contributed by atoms with van der Waals surface area (Å²) in [4.78, 5) is 0. The van der Waals surface area contributed by atoms with Crippen LogP contribution in [0.1, 0.15) is 24.5 Å². The lowest BCUT2D eigenvalue weighted by Gasteiger charge is -2.12. The first kappa shape index (κ1) is 13.5. The molecule has 2 N–H and O–H groups in total. The van der Waals surface area contributed by atoms with Gasteiger partial charge in [-0.1, -0.05) is 6.07 Å². The second kappa shape index (κ2) is 6.89. The molecule has 92 valence electrons. The fourth-order valence-electron chi connectivity index (χ4n) is 1.54. The van der Waals surface area contributed by atoms with Crippen LogP contribution in [0.2, 0.25) is 0 Å². The maximum atomic E-state index is 8.95. The maximum Gasteiger partial charge on any atom is 0.136 e. The van der Waals surface area contributed by atoms with Crippen molar-refractivity contribution < 1.29 is 9.84 Å². The Hall–Kier alpha value is -1.57. The van der Waals surface area contributed by atoms with Crippen LogP contribution in [0.4, 0.5) is 0 Å². The van der Waals surface area contributed by atoms with Gasteiger partial charge >= 0.3 is 0 Å². The van der Waals surface area contributed by atoms with Gasteiger partial charge in [-0.05, 0) is 31.0 Å². The molecule has 0 aromatic heterocycles. The molecule has 0 amide bonds. The smallest absolute Gasteiger partial charge is 0.136 e. The highest BCUT2D eigenvalue weighted by Crippen LogP contribution is 2.18. The highest BCUT2D eigenvalue weighted by Gasteiger charge is 2.05. The lowest BCUT2D eigenvalue weighted by Crippen LogP contribution is -2.26. The average Bonchev–Trinajstić information content (AvgIpc) is 2.36. The van der Waals surface area contributed by atoms with Crippen molar-refractivity contribution in [1.82, 2.24) is 5.32 Å². The lowest BCUT2D eigenvalue weighted by molar-refractivity contribution is 0.268. The molecule has 1 aromatic carbocycles. The van der Waals surface area contributed by atoms with Gasteiger partial charge in [0, 0.05) is 19.2 Å². The molecule has 0 radical (unpaired) electrons. The third kappa shape index (κ3) is 4.06. The van der Waals surface area contributed by atoms with Gasteiger partial charge in [0.2, 0.25) is 0 Å². The number of aliphatic hydroxyl groups excluding tert-OH is 1. The Morgan fingerprint density at radius 3 is 2.88 bits per heavy atom. The zero-order chi connectivity index (χ0) is 12.7. The van der Waals surface area contributed by atoms with Crippen LogP contribution in [0.25, 0.3) is 0 Å². The molecule has 0 aliphatic rings. The van der Waals surface area contributed by atoms with Gasteiger partial charge in [-0.3, -0.25) is 0 Å². The minimum atomic E-state index is 0.181. The number of nitriles is 1. The number of aliphatic hydroxyl groups is 1. The summed E-state index contributed by atoms with van der Waals surface area (Å²) in [5, 5.41) is 21.0. The minimum absolute atomic E-state index is 0.181. The Morgan fingerprint density at radius 2 is 2.29 bits per heavy atom. The summed E-state index contributed by atoms with van der Waals surface area (Å²) >= 11 is 0. The predicted molar refractivity (Wildman–Crippen MR) is 65.7 cm³/mol. The third-order valence-electron chi connectivity index (χ3n) is 2.60. The van der Waals surface area contributed by atoms with E-state index in [1.165, 1.54) is 0 Å². The molecule has 1 rings (SSSR count). The SMILES string of the molecule is COc1ccc(CN[C@H](C)CCO)cc1C#N. The molecule has 0 saturated heterocycles. The number of hydrogen-bond donors (Lipinski definition) is 2. The first-order valence-corrected chi connectivity index (χ1v) is 5.62. The van der Waals surface area contributed by atoms with Crippen LogP contribution >= 0.6 is 0 Å². The molecule has 0 saturated carbocycles. The fraction of sp³-hybridized carbons (Fsp3) is 0.462. The first-order valence-electron chi connectivity index (χ1n) is 5.62. The van der Waals surface area contributed by atoms with Crippen molar-refractivity contribution in [2.24, 2.45) is 0 Å². The van der Waals surface area contributed by atoms with E-state index in [0.717, 1.165) is 12.0 Å². The van der Waals surface area contributed by atoms with E-state index in [2.05, 4.69) is 11.4 Å². The number of nitrogens with zero attached hydrogens (tertiary/aromatic N) is 1. The van der Waals surface area contributed by atoms with Crippen LogP contribution in [-0.2, 0) is 6.54 Å². The molecule has 0 heterocycles. The van der Waals surface area contributed by atoms with Gasteiger partial charge in [0.1, 0.15) is 11.8 Å². The third-order valence-corrected chi connectivity index (χ3v) is 2.60. The summed E-state index contributed by atoms with van der Waals surface area (Å²) in [6.07, 6.45) is 0.723.